The number of nitrogens with zero attached hydrogens (tertiary/aromatic N) is 2. The summed E-state index contributed by atoms with van der Waals surface area (Å²) < 4.78 is 41.5. The van der Waals surface area contributed by atoms with Gasteiger partial charge in [-0.1, -0.05) is 19.1 Å². The molecule has 1 unspecified atom stereocenters. The van der Waals surface area contributed by atoms with E-state index in [0.717, 1.165) is 0 Å². The van der Waals surface area contributed by atoms with Crippen LogP contribution in [0.2, 0.25) is 0 Å². The van der Waals surface area contributed by atoms with Crippen molar-refractivity contribution in [3.05, 3.63) is 60.4 Å². The number of fused-ring (bicyclic) bond motifs is 1. The third-order valence-corrected chi connectivity index (χ3v) is 6.45. The van der Waals surface area contributed by atoms with Crippen molar-refractivity contribution >= 4 is 27.3 Å². The monoisotopic (exact) mass is 456 g/mol. The standard InChI is InChI=1S/C22H24N4O5S/c1-3-22(27)24-16-8-9-21(15(2)10-16)32(28,29)25-17-11-23-26(12-17)13-18-14-30-19-6-4-5-7-20(19)31-18/h4-12,18,25H,3,13-14H2,1-2H3,(H,24,27). The quantitative estimate of drug-likeness (QED) is 0.565. The van der Waals surface area contributed by atoms with Crippen LogP contribution < -0.4 is 19.5 Å². The van der Waals surface area contributed by atoms with E-state index < -0.39 is 10.0 Å². The number of carbonyl (C=O) groups excluding carboxylic acids is 1. The molecule has 0 radical (unpaired) electrons. The van der Waals surface area contributed by atoms with E-state index in [1.165, 1.54) is 12.3 Å². The molecule has 0 aliphatic carbocycles. The third kappa shape index (κ3) is 4.86. The predicted molar refractivity (Wildman–Crippen MR) is 119 cm³/mol. The highest BCUT2D eigenvalue weighted by atomic mass is 32.2. The Balaban J connectivity index is 1.42. The third-order valence-electron chi connectivity index (χ3n) is 4.91. The number of aryl methyl sites for hydroxylation is 1. The minimum Gasteiger partial charge on any atom is -0.486 e. The van der Waals surface area contributed by atoms with Gasteiger partial charge in [-0.15, -0.1) is 0 Å². The molecule has 0 bridgehead atoms. The summed E-state index contributed by atoms with van der Waals surface area (Å²) in [5.41, 5.74) is 1.41. The molecule has 168 valence electrons. The van der Waals surface area contributed by atoms with Gasteiger partial charge < -0.3 is 14.8 Å². The maximum absolute atomic E-state index is 12.9. The summed E-state index contributed by atoms with van der Waals surface area (Å²) in [4.78, 5) is 11.7. The second-order valence-electron chi connectivity index (χ2n) is 7.44. The van der Waals surface area contributed by atoms with Crippen LogP contribution in [0.1, 0.15) is 18.9 Å². The van der Waals surface area contributed by atoms with Crippen molar-refractivity contribution in [3.8, 4) is 11.5 Å². The van der Waals surface area contributed by atoms with Gasteiger partial charge in [0, 0.05) is 18.3 Å². The molecule has 10 heteroatoms. The number of ether oxygens (including phenoxy) is 2. The number of carbonyl (C=O) groups is 1. The molecule has 2 heterocycles. The van der Waals surface area contributed by atoms with Crippen LogP contribution in [0, 0.1) is 6.92 Å². The average Bonchev–Trinajstić information content (AvgIpc) is 3.19. The number of anilines is 2. The Kier molecular flexibility index (Phi) is 6.04. The van der Waals surface area contributed by atoms with Gasteiger partial charge in [-0.3, -0.25) is 14.2 Å². The zero-order valence-electron chi connectivity index (χ0n) is 17.7. The molecule has 4 rings (SSSR count). The Morgan fingerprint density at radius 2 is 1.97 bits per heavy atom. The lowest BCUT2D eigenvalue weighted by Gasteiger charge is -2.26. The van der Waals surface area contributed by atoms with Crippen molar-refractivity contribution in [1.82, 2.24) is 9.78 Å². The van der Waals surface area contributed by atoms with E-state index in [4.69, 9.17) is 9.47 Å². The van der Waals surface area contributed by atoms with Crippen LogP contribution in [0.3, 0.4) is 0 Å². The number of rotatable bonds is 7. The van der Waals surface area contributed by atoms with Crippen LogP contribution in [0.25, 0.3) is 0 Å². The van der Waals surface area contributed by atoms with E-state index >= 15 is 0 Å². The number of sulfonamides is 1. The Labute approximate surface area is 186 Å². The maximum atomic E-state index is 12.9. The number of hydrogen-bond donors (Lipinski definition) is 2. The van der Waals surface area contributed by atoms with Gasteiger partial charge in [0.15, 0.2) is 17.6 Å². The molecule has 0 saturated heterocycles. The van der Waals surface area contributed by atoms with E-state index in [1.54, 1.807) is 36.9 Å². The highest BCUT2D eigenvalue weighted by Gasteiger charge is 2.22. The number of hydrogen-bond acceptors (Lipinski definition) is 6. The molecule has 1 aromatic heterocycles. The Hall–Kier alpha value is -3.53. The minimum absolute atomic E-state index is 0.125. The van der Waals surface area contributed by atoms with Crippen LogP contribution in [0.4, 0.5) is 11.4 Å². The van der Waals surface area contributed by atoms with Crippen LogP contribution in [-0.4, -0.2) is 36.8 Å². The highest BCUT2D eigenvalue weighted by Crippen LogP contribution is 2.31. The molecule has 1 aliphatic heterocycles. The lowest BCUT2D eigenvalue weighted by atomic mass is 10.2. The van der Waals surface area contributed by atoms with E-state index in [1.807, 2.05) is 24.3 Å². The molecule has 32 heavy (non-hydrogen) atoms. The molecule has 2 aromatic carbocycles. The SMILES string of the molecule is CCC(=O)Nc1ccc(S(=O)(=O)Nc2cnn(CC3COc4ccccc4O3)c2)c(C)c1. The topological polar surface area (TPSA) is 112 Å². The Morgan fingerprint density at radius 3 is 2.72 bits per heavy atom. The summed E-state index contributed by atoms with van der Waals surface area (Å²) in [6.07, 6.45) is 3.14. The second kappa shape index (κ2) is 8.91. The van der Waals surface area contributed by atoms with Gasteiger partial charge in [-0.05, 0) is 42.8 Å². The van der Waals surface area contributed by atoms with Gasteiger partial charge in [0.05, 0.1) is 23.3 Å². The number of nitrogens with one attached hydrogen (secondary N) is 2. The van der Waals surface area contributed by atoms with E-state index in [-0.39, 0.29) is 16.9 Å². The smallest absolute Gasteiger partial charge is 0.262 e. The van der Waals surface area contributed by atoms with E-state index in [9.17, 15) is 13.2 Å². The molecule has 2 N–H and O–H groups in total. The summed E-state index contributed by atoms with van der Waals surface area (Å²) in [5.74, 6) is 1.24. The fraction of sp³-hybridized carbons (Fsp3) is 0.273. The first-order valence-electron chi connectivity index (χ1n) is 10.2. The first-order valence-corrected chi connectivity index (χ1v) is 11.7. The van der Waals surface area contributed by atoms with Crippen LogP contribution in [-0.2, 0) is 21.4 Å². The molecule has 0 spiro atoms. The average molecular weight is 457 g/mol. The van der Waals surface area contributed by atoms with Crippen molar-refractivity contribution in [2.45, 2.75) is 37.8 Å². The van der Waals surface area contributed by atoms with Crippen molar-refractivity contribution in [3.63, 3.8) is 0 Å². The van der Waals surface area contributed by atoms with Gasteiger partial charge in [0.25, 0.3) is 10.0 Å². The molecule has 1 aliphatic rings. The fourth-order valence-corrected chi connectivity index (χ4v) is 4.62. The Bertz CT molecular complexity index is 1240. The zero-order chi connectivity index (χ0) is 22.7. The first-order chi connectivity index (χ1) is 15.3. The van der Waals surface area contributed by atoms with E-state index in [2.05, 4.69) is 15.1 Å². The van der Waals surface area contributed by atoms with Crippen LogP contribution in [0.15, 0.2) is 59.8 Å². The normalized spacial score (nSPS) is 15.2. The van der Waals surface area contributed by atoms with Crippen molar-refractivity contribution in [1.29, 1.82) is 0 Å². The van der Waals surface area contributed by atoms with Gasteiger partial charge in [0.2, 0.25) is 5.91 Å². The van der Waals surface area contributed by atoms with Crippen molar-refractivity contribution in [2.24, 2.45) is 0 Å². The van der Waals surface area contributed by atoms with Gasteiger partial charge in [0.1, 0.15) is 6.61 Å². The van der Waals surface area contributed by atoms with Gasteiger partial charge in [-0.25, -0.2) is 8.42 Å². The van der Waals surface area contributed by atoms with Crippen LogP contribution in [0.5, 0.6) is 11.5 Å². The molecular weight excluding hydrogens is 432 g/mol. The van der Waals surface area contributed by atoms with Gasteiger partial charge in [-0.2, -0.15) is 5.10 Å². The summed E-state index contributed by atoms with van der Waals surface area (Å²) >= 11 is 0. The van der Waals surface area contributed by atoms with E-state index in [0.29, 0.717) is 48.0 Å². The number of benzene rings is 2. The largest absolute Gasteiger partial charge is 0.486 e. The molecule has 9 nitrogen and oxygen atoms in total. The Morgan fingerprint density at radius 1 is 1.19 bits per heavy atom. The predicted octanol–water partition coefficient (Wildman–Crippen LogP) is 3.18. The minimum atomic E-state index is -3.83. The lowest BCUT2D eigenvalue weighted by molar-refractivity contribution is -0.115. The second-order valence-corrected chi connectivity index (χ2v) is 9.09. The molecule has 1 amide bonds. The van der Waals surface area contributed by atoms with Crippen molar-refractivity contribution in [2.75, 3.05) is 16.6 Å². The number of amides is 1. The summed E-state index contributed by atoms with van der Waals surface area (Å²) in [6.45, 7) is 4.20. The first kappa shape index (κ1) is 21.7. The molecule has 0 saturated carbocycles. The molecule has 0 fully saturated rings. The molecular formula is C22H24N4O5S. The summed E-state index contributed by atoms with van der Waals surface area (Å²) in [7, 11) is -3.83. The maximum Gasteiger partial charge on any atom is 0.262 e. The summed E-state index contributed by atoms with van der Waals surface area (Å²) in [5, 5.41) is 6.95. The van der Waals surface area contributed by atoms with Crippen LogP contribution >= 0.6 is 0 Å². The summed E-state index contributed by atoms with van der Waals surface area (Å²) in [6, 6.07) is 12.1. The zero-order valence-corrected chi connectivity index (χ0v) is 18.6. The number of aromatic nitrogens is 2. The lowest BCUT2D eigenvalue weighted by Crippen LogP contribution is -2.33. The number of para-hydroxylation sites is 2. The highest BCUT2D eigenvalue weighted by molar-refractivity contribution is 7.92. The molecule has 1 atom stereocenters. The van der Waals surface area contributed by atoms with Gasteiger partial charge >= 0.3 is 0 Å². The van der Waals surface area contributed by atoms with Crippen molar-refractivity contribution < 1.29 is 22.7 Å². The molecule has 3 aromatic rings. The fourth-order valence-electron chi connectivity index (χ4n) is 3.37.